The molecular formula is C21H23N3O2. The molecular weight excluding hydrogens is 326 g/mol. The lowest BCUT2D eigenvalue weighted by molar-refractivity contribution is 0.0935. The number of para-hydroxylation sites is 1. The van der Waals surface area contributed by atoms with Crippen molar-refractivity contribution >= 4 is 16.8 Å². The predicted octanol–water partition coefficient (Wildman–Crippen LogP) is 2.53. The molecule has 2 aromatic carbocycles. The van der Waals surface area contributed by atoms with Crippen LogP contribution in [0, 0.1) is 0 Å². The molecule has 0 spiro atoms. The summed E-state index contributed by atoms with van der Waals surface area (Å²) in [6.45, 7) is 1.95. The Morgan fingerprint density at radius 2 is 1.92 bits per heavy atom. The van der Waals surface area contributed by atoms with E-state index in [4.69, 9.17) is 0 Å². The van der Waals surface area contributed by atoms with E-state index in [-0.39, 0.29) is 18.1 Å². The number of amides is 1. The van der Waals surface area contributed by atoms with E-state index in [0.29, 0.717) is 25.2 Å². The van der Waals surface area contributed by atoms with Gasteiger partial charge in [-0.1, -0.05) is 48.5 Å². The van der Waals surface area contributed by atoms with Crippen LogP contribution in [0.1, 0.15) is 22.5 Å². The normalized spacial score (nSPS) is 20.5. The molecule has 26 heavy (non-hydrogen) atoms. The Morgan fingerprint density at radius 3 is 2.73 bits per heavy atom. The molecule has 1 aliphatic rings. The summed E-state index contributed by atoms with van der Waals surface area (Å²) in [7, 11) is 0. The Morgan fingerprint density at radius 1 is 1.15 bits per heavy atom. The van der Waals surface area contributed by atoms with Gasteiger partial charge in [0.05, 0.1) is 6.10 Å². The van der Waals surface area contributed by atoms with E-state index in [2.05, 4.69) is 27.3 Å². The van der Waals surface area contributed by atoms with E-state index in [0.717, 1.165) is 17.4 Å². The number of nitrogens with zero attached hydrogens (tertiary/aromatic N) is 1. The smallest absolute Gasteiger partial charge is 0.267 e. The Bertz CT molecular complexity index is 857. The van der Waals surface area contributed by atoms with Crippen LogP contribution >= 0.6 is 0 Å². The number of hydrogen-bond donors (Lipinski definition) is 3. The van der Waals surface area contributed by atoms with Crippen molar-refractivity contribution in [1.29, 1.82) is 0 Å². The summed E-state index contributed by atoms with van der Waals surface area (Å²) in [5.74, 6) is -0.109. The number of rotatable bonds is 5. The standard InChI is InChI=1S/C21H23N3O2/c25-18-11-17(24(14-18)13-15-6-2-1-3-7-15)12-22-21(26)20-10-16-8-4-5-9-19(16)23-20/h1-10,17-18,23,25H,11-14H2,(H,22,26). The highest BCUT2D eigenvalue weighted by atomic mass is 16.3. The van der Waals surface area contributed by atoms with Crippen LogP contribution in [0.2, 0.25) is 0 Å². The van der Waals surface area contributed by atoms with Crippen LogP contribution in [-0.4, -0.2) is 46.1 Å². The van der Waals surface area contributed by atoms with Crippen LogP contribution in [0.3, 0.4) is 0 Å². The largest absolute Gasteiger partial charge is 0.392 e. The minimum Gasteiger partial charge on any atom is -0.392 e. The van der Waals surface area contributed by atoms with Gasteiger partial charge in [-0.3, -0.25) is 9.69 Å². The number of carbonyl (C=O) groups excluding carboxylic acids is 1. The van der Waals surface area contributed by atoms with E-state index < -0.39 is 0 Å². The summed E-state index contributed by atoms with van der Waals surface area (Å²) in [5.41, 5.74) is 2.74. The maximum atomic E-state index is 12.5. The lowest BCUT2D eigenvalue weighted by Gasteiger charge is -2.24. The Labute approximate surface area is 152 Å². The molecule has 134 valence electrons. The van der Waals surface area contributed by atoms with Crippen LogP contribution in [0.25, 0.3) is 10.9 Å². The van der Waals surface area contributed by atoms with Crippen LogP contribution < -0.4 is 5.32 Å². The first-order valence-corrected chi connectivity index (χ1v) is 9.01. The zero-order valence-corrected chi connectivity index (χ0v) is 14.6. The lowest BCUT2D eigenvalue weighted by atomic mass is 10.1. The Kier molecular flexibility index (Phi) is 4.73. The molecule has 1 aliphatic heterocycles. The minimum atomic E-state index is -0.339. The monoisotopic (exact) mass is 349 g/mol. The summed E-state index contributed by atoms with van der Waals surface area (Å²) in [4.78, 5) is 17.9. The molecule has 0 saturated carbocycles. The van der Waals surface area contributed by atoms with Crippen molar-refractivity contribution in [2.45, 2.75) is 25.1 Å². The third-order valence-electron chi connectivity index (χ3n) is 5.01. The highest BCUT2D eigenvalue weighted by molar-refractivity contribution is 5.97. The number of benzene rings is 2. The zero-order valence-electron chi connectivity index (χ0n) is 14.6. The first-order valence-electron chi connectivity index (χ1n) is 9.01. The van der Waals surface area contributed by atoms with Gasteiger partial charge < -0.3 is 15.4 Å². The number of fused-ring (bicyclic) bond motifs is 1. The van der Waals surface area contributed by atoms with Crippen molar-refractivity contribution in [3.8, 4) is 0 Å². The van der Waals surface area contributed by atoms with E-state index in [1.807, 2.05) is 48.5 Å². The van der Waals surface area contributed by atoms with Crippen LogP contribution in [0.4, 0.5) is 0 Å². The van der Waals surface area contributed by atoms with Crippen molar-refractivity contribution in [2.24, 2.45) is 0 Å². The molecule has 4 rings (SSSR count). The third-order valence-corrected chi connectivity index (χ3v) is 5.01. The van der Waals surface area contributed by atoms with Gasteiger partial charge in [0.25, 0.3) is 5.91 Å². The number of aromatic amines is 1. The molecule has 1 aromatic heterocycles. The average molecular weight is 349 g/mol. The molecule has 1 fully saturated rings. The number of hydrogen-bond acceptors (Lipinski definition) is 3. The van der Waals surface area contributed by atoms with Crippen molar-refractivity contribution < 1.29 is 9.90 Å². The maximum Gasteiger partial charge on any atom is 0.267 e. The van der Waals surface area contributed by atoms with Crippen LogP contribution in [0.15, 0.2) is 60.7 Å². The maximum absolute atomic E-state index is 12.5. The van der Waals surface area contributed by atoms with E-state index in [1.165, 1.54) is 5.56 Å². The first kappa shape index (κ1) is 16.8. The number of aliphatic hydroxyl groups is 1. The molecule has 3 N–H and O–H groups in total. The summed E-state index contributed by atoms with van der Waals surface area (Å²) in [6.07, 6.45) is 0.341. The van der Waals surface area contributed by atoms with Gasteiger partial charge in [-0.15, -0.1) is 0 Å². The number of nitrogens with one attached hydrogen (secondary N) is 2. The Hall–Kier alpha value is -2.63. The van der Waals surface area contributed by atoms with Crippen molar-refractivity contribution in [3.63, 3.8) is 0 Å². The molecule has 3 aromatic rings. The molecule has 2 unspecified atom stereocenters. The highest BCUT2D eigenvalue weighted by Gasteiger charge is 2.31. The van der Waals surface area contributed by atoms with Crippen LogP contribution in [-0.2, 0) is 6.54 Å². The van der Waals surface area contributed by atoms with E-state index >= 15 is 0 Å². The Balaban J connectivity index is 1.39. The molecule has 0 radical (unpaired) electrons. The number of β-amino-alcohol motifs (C(OH)–C–C–N with tert-alkyl or cyclic N) is 1. The lowest BCUT2D eigenvalue weighted by Crippen LogP contribution is -2.39. The van der Waals surface area contributed by atoms with Crippen molar-refractivity contribution in [3.05, 3.63) is 71.9 Å². The van der Waals surface area contributed by atoms with Gasteiger partial charge in [0, 0.05) is 36.6 Å². The fourth-order valence-electron chi connectivity index (χ4n) is 3.68. The van der Waals surface area contributed by atoms with Gasteiger partial charge in [0.2, 0.25) is 0 Å². The number of carbonyl (C=O) groups is 1. The predicted molar refractivity (Wildman–Crippen MR) is 102 cm³/mol. The summed E-state index contributed by atoms with van der Waals surface area (Å²) in [6, 6.07) is 20.1. The molecule has 2 atom stereocenters. The molecule has 0 bridgehead atoms. The quantitative estimate of drug-likeness (QED) is 0.663. The zero-order chi connectivity index (χ0) is 17.9. The fraction of sp³-hybridized carbons (Fsp3) is 0.286. The van der Waals surface area contributed by atoms with Gasteiger partial charge in [-0.05, 0) is 24.1 Å². The summed E-state index contributed by atoms with van der Waals surface area (Å²) in [5, 5.41) is 14.1. The second kappa shape index (κ2) is 7.32. The SMILES string of the molecule is O=C(NCC1CC(O)CN1Cc1ccccc1)c1cc2ccccc2[nH]1. The summed E-state index contributed by atoms with van der Waals surface area (Å²) >= 11 is 0. The highest BCUT2D eigenvalue weighted by Crippen LogP contribution is 2.20. The van der Waals surface area contributed by atoms with Gasteiger partial charge in [-0.25, -0.2) is 0 Å². The van der Waals surface area contributed by atoms with Gasteiger partial charge in [-0.2, -0.15) is 0 Å². The summed E-state index contributed by atoms with van der Waals surface area (Å²) < 4.78 is 0. The van der Waals surface area contributed by atoms with Gasteiger partial charge in [0.15, 0.2) is 0 Å². The van der Waals surface area contributed by atoms with E-state index in [1.54, 1.807) is 0 Å². The van der Waals surface area contributed by atoms with Crippen LogP contribution in [0.5, 0.6) is 0 Å². The van der Waals surface area contributed by atoms with Crippen molar-refractivity contribution in [2.75, 3.05) is 13.1 Å². The number of aromatic nitrogens is 1. The molecule has 0 aliphatic carbocycles. The number of likely N-dealkylation sites (tertiary alicyclic amines) is 1. The molecule has 5 heteroatoms. The minimum absolute atomic E-state index is 0.109. The number of H-pyrrole nitrogens is 1. The second-order valence-corrected chi connectivity index (χ2v) is 6.94. The molecule has 1 saturated heterocycles. The second-order valence-electron chi connectivity index (χ2n) is 6.94. The van der Waals surface area contributed by atoms with Gasteiger partial charge in [0.1, 0.15) is 5.69 Å². The molecule has 5 nitrogen and oxygen atoms in total. The third kappa shape index (κ3) is 3.64. The fourth-order valence-corrected chi connectivity index (χ4v) is 3.68. The number of aliphatic hydroxyl groups excluding tert-OH is 1. The molecule has 2 heterocycles. The first-order chi connectivity index (χ1) is 12.7. The van der Waals surface area contributed by atoms with E-state index in [9.17, 15) is 9.90 Å². The van der Waals surface area contributed by atoms with Crippen molar-refractivity contribution in [1.82, 2.24) is 15.2 Å². The average Bonchev–Trinajstić information content (AvgIpc) is 3.24. The topological polar surface area (TPSA) is 68.4 Å². The van der Waals surface area contributed by atoms with Gasteiger partial charge >= 0.3 is 0 Å². The molecule has 1 amide bonds.